The quantitative estimate of drug-likeness (QED) is 0.876. The molecule has 1 unspecified atom stereocenters. The highest BCUT2D eigenvalue weighted by Gasteiger charge is 2.85. The molecule has 0 saturated heterocycles. The van der Waals surface area contributed by atoms with Crippen LogP contribution in [-0.2, 0) is 5.54 Å². The smallest absolute Gasteiger partial charge is 0.140 e. The molecule has 126 valence electrons. The molecule has 1 N–H and O–H groups in total. The first-order valence-corrected chi connectivity index (χ1v) is 9.49. The lowest BCUT2D eigenvalue weighted by atomic mass is 9.41. The summed E-state index contributed by atoms with van der Waals surface area (Å²) >= 11 is 0. The highest BCUT2D eigenvalue weighted by molar-refractivity contribution is 5.51. The zero-order valence-corrected chi connectivity index (χ0v) is 14.2. The summed E-state index contributed by atoms with van der Waals surface area (Å²) in [5.74, 6) is 0.603. The molecule has 3 heteroatoms. The third-order valence-electron chi connectivity index (χ3n) is 7.94. The van der Waals surface area contributed by atoms with E-state index < -0.39 is 5.54 Å². The minimum Gasteiger partial charge on any atom is -0.392 e. The molecular weight excluding hydrogens is 308 g/mol. The van der Waals surface area contributed by atoms with Crippen LogP contribution < -0.4 is 0 Å². The Morgan fingerprint density at radius 3 is 1.92 bits per heavy atom. The van der Waals surface area contributed by atoms with Gasteiger partial charge >= 0.3 is 0 Å². The van der Waals surface area contributed by atoms with Gasteiger partial charge in [0.05, 0.1) is 11.6 Å². The maximum Gasteiger partial charge on any atom is 0.140 e. The Bertz CT molecular complexity index is 825. The molecule has 3 aliphatic carbocycles. The van der Waals surface area contributed by atoms with E-state index in [-0.39, 0.29) is 17.1 Å². The van der Waals surface area contributed by atoms with Crippen LogP contribution in [0.15, 0.2) is 70.9 Å². The van der Waals surface area contributed by atoms with Crippen molar-refractivity contribution in [3.8, 4) is 0 Å². The normalized spacial score (nSPS) is 42.0. The van der Waals surface area contributed by atoms with Gasteiger partial charge in [0, 0.05) is 11.3 Å². The van der Waals surface area contributed by atoms with E-state index in [2.05, 4.69) is 60.7 Å². The molecule has 5 atom stereocenters. The Balaban J connectivity index is 1.68. The highest BCUT2D eigenvalue weighted by atomic mass is 16.3. The lowest BCUT2D eigenvalue weighted by molar-refractivity contribution is -0.0746. The Labute approximate surface area is 147 Å². The third kappa shape index (κ3) is 1.28. The number of hydrogen-bond acceptors (Lipinski definition) is 3. The van der Waals surface area contributed by atoms with Gasteiger partial charge in [-0.3, -0.25) is 0 Å². The fourth-order valence-electron chi connectivity index (χ4n) is 7.10. The molecule has 6 rings (SSSR count). The van der Waals surface area contributed by atoms with Gasteiger partial charge in [-0.2, -0.15) is 10.2 Å². The van der Waals surface area contributed by atoms with Gasteiger partial charge in [-0.05, 0) is 42.7 Å². The maximum atomic E-state index is 11.0. The van der Waals surface area contributed by atoms with Crippen molar-refractivity contribution in [2.45, 2.75) is 42.9 Å². The van der Waals surface area contributed by atoms with Crippen LogP contribution in [0.5, 0.6) is 0 Å². The van der Waals surface area contributed by atoms with Gasteiger partial charge in [0.25, 0.3) is 0 Å². The first kappa shape index (κ1) is 14.2. The Morgan fingerprint density at radius 2 is 1.36 bits per heavy atom. The summed E-state index contributed by atoms with van der Waals surface area (Å²) in [5, 5.41) is 21.1. The van der Waals surface area contributed by atoms with E-state index in [4.69, 9.17) is 10.2 Å². The number of azo groups is 1. The van der Waals surface area contributed by atoms with Crippen molar-refractivity contribution >= 4 is 0 Å². The SMILES string of the molecule is OC1[C@H]2CC[C@@H]1[C@]13CC[C@]21C(c1ccccc1)(c1ccccc1)N=N3. The number of nitrogens with zero attached hydrogens (tertiary/aromatic N) is 2. The molecule has 2 aromatic carbocycles. The standard InChI is InChI=1S/C22H22N2O/c25-19-17-11-12-18(19)21-14-13-20(17,21)22(24-23-21,15-7-3-1-4-8-15)16-9-5-2-6-10-16/h1-10,17-19,25H,11-14H2/t17-,18+,19?,20+,21-/m1/s1. The van der Waals surface area contributed by atoms with Crippen LogP contribution in [0.3, 0.4) is 0 Å². The molecule has 2 aromatic rings. The lowest BCUT2D eigenvalue weighted by Gasteiger charge is -2.61. The second kappa shape index (κ2) is 4.39. The van der Waals surface area contributed by atoms with Gasteiger partial charge in [0.15, 0.2) is 0 Å². The minimum atomic E-state index is -0.450. The maximum absolute atomic E-state index is 11.0. The van der Waals surface area contributed by atoms with Gasteiger partial charge < -0.3 is 5.11 Å². The average molecular weight is 330 g/mol. The number of aliphatic hydroxyl groups is 1. The second-order valence-corrected chi connectivity index (χ2v) is 8.32. The number of hydrogen-bond donors (Lipinski definition) is 1. The average Bonchev–Trinajstić information content (AvgIpc) is 3.17. The Hall–Kier alpha value is -2.00. The van der Waals surface area contributed by atoms with Crippen LogP contribution in [-0.4, -0.2) is 16.7 Å². The molecule has 3 fully saturated rings. The Morgan fingerprint density at radius 1 is 0.760 bits per heavy atom. The largest absolute Gasteiger partial charge is 0.392 e. The van der Waals surface area contributed by atoms with E-state index in [1.807, 2.05) is 0 Å². The fraction of sp³-hybridized carbons (Fsp3) is 0.455. The zero-order chi connectivity index (χ0) is 16.7. The van der Waals surface area contributed by atoms with E-state index in [1.165, 1.54) is 11.1 Å². The predicted molar refractivity (Wildman–Crippen MR) is 95.1 cm³/mol. The number of rotatable bonds is 2. The number of aliphatic hydroxyl groups excluding tert-OH is 1. The molecule has 1 heterocycles. The van der Waals surface area contributed by atoms with Gasteiger partial charge in [-0.1, -0.05) is 60.7 Å². The van der Waals surface area contributed by atoms with E-state index in [0.29, 0.717) is 11.8 Å². The minimum absolute atomic E-state index is 0.0506. The monoisotopic (exact) mass is 330 g/mol. The van der Waals surface area contributed by atoms with Gasteiger partial charge in [0.2, 0.25) is 0 Å². The summed E-state index contributed by atoms with van der Waals surface area (Å²) in [7, 11) is 0. The van der Waals surface area contributed by atoms with Crippen molar-refractivity contribution in [2.24, 2.45) is 27.5 Å². The summed E-state index contributed by atoms with van der Waals surface area (Å²) < 4.78 is 0. The van der Waals surface area contributed by atoms with Crippen molar-refractivity contribution in [1.29, 1.82) is 0 Å². The molecule has 1 aliphatic heterocycles. The van der Waals surface area contributed by atoms with Crippen LogP contribution >= 0.6 is 0 Å². The fourth-order valence-corrected chi connectivity index (χ4v) is 7.10. The molecule has 0 amide bonds. The highest BCUT2D eigenvalue weighted by Crippen LogP contribution is 2.82. The topological polar surface area (TPSA) is 45.0 Å². The summed E-state index contributed by atoms with van der Waals surface area (Å²) in [6.07, 6.45) is 4.19. The molecule has 3 nitrogen and oxygen atoms in total. The van der Waals surface area contributed by atoms with Crippen LogP contribution in [0.2, 0.25) is 0 Å². The lowest BCUT2D eigenvalue weighted by Crippen LogP contribution is -2.65. The molecule has 3 saturated carbocycles. The van der Waals surface area contributed by atoms with Crippen molar-refractivity contribution < 1.29 is 5.11 Å². The first-order valence-electron chi connectivity index (χ1n) is 9.49. The molecule has 0 spiro atoms. The molecule has 0 aromatic heterocycles. The van der Waals surface area contributed by atoms with Crippen molar-refractivity contribution in [3.05, 3.63) is 71.8 Å². The predicted octanol–water partition coefficient (Wildman–Crippen LogP) is 4.32. The van der Waals surface area contributed by atoms with E-state index >= 15 is 0 Å². The van der Waals surface area contributed by atoms with E-state index in [1.54, 1.807) is 0 Å². The van der Waals surface area contributed by atoms with Gasteiger partial charge in [0.1, 0.15) is 5.54 Å². The number of benzene rings is 2. The van der Waals surface area contributed by atoms with Gasteiger partial charge in [-0.25, -0.2) is 0 Å². The number of fused-ring (bicyclic) bond motifs is 2. The molecular formula is C22H22N2O. The third-order valence-corrected chi connectivity index (χ3v) is 7.94. The van der Waals surface area contributed by atoms with Crippen LogP contribution in [0, 0.1) is 17.3 Å². The van der Waals surface area contributed by atoms with Crippen molar-refractivity contribution in [2.75, 3.05) is 0 Å². The van der Waals surface area contributed by atoms with Crippen molar-refractivity contribution in [3.63, 3.8) is 0 Å². The first-order chi connectivity index (χ1) is 12.3. The Kier molecular flexibility index (Phi) is 2.49. The summed E-state index contributed by atoms with van der Waals surface area (Å²) in [5.41, 5.74) is 1.82. The molecule has 25 heavy (non-hydrogen) atoms. The second-order valence-electron chi connectivity index (χ2n) is 8.32. The van der Waals surface area contributed by atoms with Crippen LogP contribution in [0.4, 0.5) is 0 Å². The van der Waals surface area contributed by atoms with E-state index in [9.17, 15) is 5.11 Å². The molecule has 2 bridgehead atoms. The molecule has 4 aliphatic rings. The van der Waals surface area contributed by atoms with Crippen molar-refractivity contribution in [1.82, 2.24) is 0 Å². The molecule has 0 radical (unpaired) electrons. The van der Waals surface area contributed by atoms with E-state index in [0.717, 1.165) is 25.7 Å². The van der Waals surface area contributed by atoms with Crippen LogP contribution in [0.25, 0.3) is 0 Å². The zero-order valence-electron chi connectivity index (χ0n) is 14.2. The summed E-state index contributed by atoms with van der Waals surface area (Å²) in [4.78, 5) is 0. The summed E-state index contributed by atoms with van der Waals surface area (Å²) in [6, 6.07) is 21.4. The van der Waals surface area contributed by atoms with Crippen LogP contribution in [0.1, 0.15) is 36.8 Å². The van der Waals surface area contributed by atoms with Gasteiger partial charge in [-0.15, -0.1) is 0 Å². The summed E-state index contributed by atoms with van der Waals surface area (Å²) in [6.45, 7) is 0.